The van der Waals surface area contributed by atoms with Crippen molar-refractivity contribution >= 4 is 72.0 Å². The van der Waals surface area contributed by atoms with E-state index in [0.29, 0.717) is 5.92 Å². The third-order valence-electron chi connectivity index (χ3n) is 13.1. The van der Waals surface area contributed by atoms with Crippen molar-refractivity contribution in [3.63, 3.8) is 0 Å². The van der Waals surface area contributed by atoms with Gasteiger partial charge < -0.3 is 13.9 Å². The maximum absolute atomic E-state index is 6.84. The molecule has 11 aromatic rings. The minimum absolute atomic E-state index is 0.345. The van der Waals surface area contributed by atoms with E-state index < -0.39 is 0 Å². The summed E-state index contributed by atoms with van der Waals surface area (Å²) in [4.78, 5) is 2.39. The maximum atomic E-state index is 6.84. The van der Waals surface area contributed by atoms with Crippen LogP contribution >= 0.6 is 0 Å². The predicted octanol–water partition coefficient (Wildman–Crippen LogP) is 17.0. The van der Waals surface area contributed by atoms with E-state index in [1.54, 1.807) is 0 Å². The van der Waals surface area contributed by atoms with Crippen LogP contribution in [0.15, 0.2) is 235 Å². The number of aromatic nitrogens is 1. The van der Waals surface area contributed by atoms with Crippen LogP contribution in [0.3, 0.4) is 0 Å². The number of rotatable bonds is 8. The molecule has 2 heterocycles. The molecule has 0 amide bonds. The lowest BCUT2D eigenvalue weighted by atomic mass is 9.82. The van der Waals surface area contributed by atoms with Gasteiger partial charge in [0.15, 0.2) is 0 Å². The Kier molecular flexibility index (Phi) is 9.19. The largest absolute Gasteiger partial charge is 0.455 e. The number of allylic oxidation sites excluding steroid dienone is 4. The van der Waals surface area contributed by atoms with Crippen molar-refractivity contribution in [3.8, 4) is 27.9 Å². The lowest BCUT2D eigenvalue weighted by Crippen LogP contribution is -2.11. The second kappa shape index (κ2) is 15.6. The van der Waals surface area contributed by atoms with Gasteiger partial charge in [0.25, 0.3) is 0 Å². The molecule has 1 atom stereocenters. The van der Waals surface area contributed by atoms with E-state index in [4.69, 9.17) is 4.42 Å². The van der Waals surface area contributed by atoms with Crippen LogP contribution in [-0.2, 0) is 0 Å². The Morgan fingerprint density at radius 3 is 1.78 bits per heavy atom. The fourth-order valence-corrected chi connectivity index (χ4v) is 10.1. The van der Waals surface area contributed by atoms with E-state index in [0.717, 1.165) is 62.0 Å². The van der Waals surface area contributed by atoms with Crippen molar-refractivity contribution in [2.24, 2.45) is 5.92 Å². The van der Waals surface area contributed by atoms with Gasteiger partial charge in [0.2, 0.25) is 0 Å². The topological polar surface area (TPSA) is 21.3 Å². The zero-order valence-electron chi connectivity index (χ0n) is 35.5. The summed E-state index contributed by atoms with van der Waals surface area (Å²) in [5, 5.41) is 4.61. The standard InChI is InChI=1S/C61H44N2O/c1-41-39-46(31-38-50(41)44-19-7-3-8-20-44)54-40-55-52-24-13-16-28-58(52)64-61(55)59-53-25-12-15-27-57(53)63(60(54)59)49-36-34-48(35-37-49)62(47-32-29-43(30-33-47)42-17-5-2-6-18-42)56-26-14-11-23-51(56)45-21-9-4-10-22-45/h2-38,40-41H,39H2,1H3. The lowest BCUT2D eigenvalue weighted by molar-refractivity contribution is 0.673. The van der Waals surface area contributed by atoms with E-state index in [-0.39, 0.29) is 0 Å². The Hall–Kier alpha value is -8.14. The van der Waals surface area contributed by atoms with Crippen molar-refractivity contribution in [3.05, 3.63) is 242 Å². The second-order valence-electron chi connectivity index (χ2n) is 16.9. The average molecular weight is 821 g/mol. The van der Waals surface area contributed by atoms with E-state index in [1.165, 1.54) is 55.4 Å². The summed E-state index contributed by atoms with van der Waals surface area (Å²) in [5.41, 5.74) is 18.5. The zero-order valence-corrected chi connectivity index (χ0v) is 35.5. The highest BCUT2D eigenvalue weighted by Crippen LogP contribution is 2.47. The summed E-state index contributed by atoms with van der Waals surface area (Å²) in [6.45, 7) is 2.36. The smallest absolute Gasteiger partial charge is 0.145 e. The monoisotopic (exact) mass is 820 g/mol. The van der Waals surface area contributed by atoms with Crippen molar-refractivity contribution in [1.82, 2.24) is 4.57 Å². The molecule has 0 spiro atoms. The van der Waals surface area contributed by atoms with Gasteiger partial charge >= 0.3 is 0 Å². The quantitative estimate of drug-likeness (QED) is 0.152. The van der Waals surface area contributed by atoms with Gasteiger partial charge in [0, 0.05) is 44.3 Å². The van der Waals surface area contributed by atoms with Crippen LogP contribution in [0.5, 0.6) is 0 Å². The lowest BCUT2D eigenvalue weighted by Gasteiger charge is -2.28. The van der Waals surface area contributed by atoms with Gasteiger partial charge in [-0.1, -0.05) is 177 Å². The minimum atomic E-state index is 0.345. The fourth-order valence-electron chi connectivity index (χ4n) is 10.1. The number of para-hydroxylation sites is 3. The molecular weight excluding hydrogens is 777 g/mol. The number of furan rings is 1. The number of nitrogens with zero attached hydrogens (tertiary/aromatic N) is 2. The summed E-state index contributed by atoms with van der Waals surface area (Å²) in [7, 11) is 0. The molecule has 0 N–H and O–H groups in total. The van der Waals surface area contributed by atoms with E-state index in [1.807, 2.05) is 0 Å². The van der Waals surface area contributed by atoms with Crippen molar-refractivity contribution in [2.75, 3.05) is 4.90 Å². The molecular formula is C61H44N2O. The molecule has 3 nitrogen and oxygen atoms in total. The molecule has 12 rings (SSSR count). The molecule has 0 radical (unpaired) electrons. The first-order valence-electron chi connectivity index (χ1n) is 22.2. The first kappa shape index (κ1) is 37.6. The summed E-state index contributed by atoms with van der Waals surface area (Å²) < 4.78 is 9.31. The minimum Gasteiger partial charge on any atom is -0.455 e. The van der Waals surface area contributed by atoms with Crippen LogP contribution in [0, 0.1) is 5.92 Å². The van der Waals surface area contributed by atoms with Crippen LogP contribution in [0.1, 0.15) is 24.5 Å². The number of anilines is 3. The van der Waals surface area contributed by atoms with Crippen LogP contribution < -0.4 is 4.90 Å². The zero-order chi connectivity index (χ0) is 42.6. The summed E-state index contributed by atoms with van der Waals surface area (Å²) in [6.07, 6.45) is 5.64. The van der Waals surface area contributed by atoms with Gasteiger partial charge in [-0.15, -0.1) is 0 Å². The molecule has 0 saturated carbocycles. The number of fused-ring (bicyclic) bond motifs is 7. The van der Waals surface area contributed by atoms with E-state index >= 15 is 0 Å². The van der Waals surface area contributed by atoms with Crippen LogP contribution in [0.2, 0.25) is 0 Å². The fraction of sp³-hybridized carbons (Fsp3) is 0.0492. The Bertz CT molecular complexity index is 3560. The highest BCUT2D eigenvalue weighted by molar-refractivity contribution is 6.26. The van der Waals surface area contributed by atoms with Gasteiger partial charge in [-0.25, -0.2) is 0 Å². The van der Waals surface area contributed by atoms with Crippen molar-refractivity contribution < 1.29 is 4.42 Å². The SMILES string of the molecule is CC1CC(c2cc3c4ccccc4oc3c3c4ccccc4n(-c4ccc(N(c5ccc(-c6ccccc6)cc5)c5ccccc5-c5ccccc5)cc4)c23)=CC=C1c1ccccc1. The normalized spacial score (nSPS) is 14.0. The molecule has 0 fully saturated rings. The van der Waals surface area contributed by atoms with Crippen molar-refractivity contribution in [2.45, 2.75) is 13.3 Å². The molecule has 1 aliphatic rings. The first-order valence-corrected chi connectivity index (χ1v) is 22.2. The average Bonchev–Trinajstić information content (AvgIpc) is 3.91. The van der Waals surface area contributed by atoms with Gasteiger partial charge in [-0.05, 0) is 106 Å². The van der Waals surface area contributed by atoms with Gasteiger partial charge in [-0.3, -0.25) is 0 Å². The molecule has 2 aromatic heterocycles. The first-order chi connectivity index (χ1) is 31.7. The molecule has 64 heavy (non-hydrogen) atoms. The molecule has 1 unspecified atom stereocenters. The molecule has 0 bridgehead atoms. The Morgan fingerprint density at radius 1 is 0.484 bits per heavy atom. The molecule has 1 aliphatic carbocycles. The third-order valence-corrected chi connectivity index (χ3v) is 13.1. The van der Waals surface area contributed by atoms with Crippen LogP contribution in [0.25, 0.3) is 82.8 Å². The Labute approximate surface area is 373 Å². The summed E-state index contributed by atoms with van der Waals surface area (Å²) >= 11 is 0. The third kappa shape index (κ3) is 6.36. The summed E-state index contributed by atoms with van der Waals surface area (Å²) in [5.74, 6) is 0.345. The van der Waals surface area contributed by atoms with E-state index in [9.17, 15) is 0 Å². The highest BCUT2D eigenvalue weighted by Gasteiger charge is 2.26. The Morgan fingerprint density at radius 2 is 1.06 bits per heavy atom. The Balaban J connectivity index is 1.06. The number of hydrogen-bond acceptors (Lipinski definition) is 2. The van der Waals surface area contributed by atoms with Crippen LogP contribution in [-0.4, -0.2) is 4.57 Å². The van der Waals surface area contributed by atoms with Gasteiger partial charge in [0.05, 0.1) is 22.1 Å². The molecule has 3 heteroatoms. The number of benzene rings is 9. The van der Waals surface area contributed by atoms with E-state index in [2.05, 4.69) is 247 Å². The van der Waals surface area contributed by atoms with Gasteiger partial charge in [-0.2, -0.15) is 0 Å². The molecule has 0 saturated heterocycles. The summed E-state index contributed by atoms with van der Waals surface area (Å²) in [6, 6.07) is 78.6. The molecule has 0 aliphatic heterocycles. The molecule has 304 valence electrons. The predicted molar refractivity (Wildman–Crippen MR) is 270 cm³/mol. The van der Waals surface area contributed by atoms with Gasteiger partial charge in [0.1, 0.15) is 11.2 Å². The van der Waals surface area contributed by atoms with Crippen LogP contribution in [0.4, 0.5) is 17.1 Å². The second-order valence-corrected chi connectivity index (χ2v) is 16.9. The molecule has 9 aromatic carbocycles. The maximum Gasteiger partial charge on any atom is 0.145 e. The highest BCUT2D eigenvalue weighted by atomic mass is 16.3. The van der Waals surface area contributed by atoms with Crippen molar-refractivity contribution in [1.29, 1.82) is 0 Å². The number of hydrogen-bond donors (Lipinski definition) is 0.